The summed E-state index contributed by atoms with van der Waals surface area (Å²) in [7, 11) is 0. The average Bonchev–Trinajstić information content (AvgIpc) is 2.39. The highest BCUT2D eigenvalue weighted by atomic mass is 16.5. The van der Waals surface area contributed by atoms with Crippen LogP contribution in [0.4, 0.5) is 0 Å². The summed E-state index contributed by atoms with van der Waals surface area (Å²) in [5.41, 5.74) is 6.87. The van der Waals surface area contributed by atoms with Crippen molar-refractivity contribution in [1.29, 1.82) is 0 Å². The summed E-state index contributed by atoms with van der Waals surface area (Å²) >= 11 is 0. The monoisotopic (exact) mass is 244 g/mol. The van der Waals surface area contributed by atoms with Gasteiger partial charge >= 0.3 is 5.97 Å². The van der Waals surface area contributed by atoms with Crippen LogP contribution in [0.25, 0.3) is 10.8 Å². The summed E-state index contributed by atoms with van der Waals surface area (Å²) in [6.07, 6.45) is 4.01. The molecule has 0 aliphatic heterocycles. The van der Waals surface area contributed by atoms with E-state index in [0.717, 1.165) is 16.3 Å². The summed E-state index contributed by atoms with van der Waals surface area (Å²) in [6.45, 7) is 2.13. The Morgan fingerprint density at radius 3 is 3.06 bits per heavy atom. The second-order valence-electron chi connectivity index (χ2n) is 4.08. The third-order valence-electron chi connectivity index (χ3n) is 2.80. The van der Waals surface area contributed by atoms with E-state index in [1.165, 1.54) is 0 Å². The molecule has 0 fully saturated rings. The molecule has 1 aromatic heterocycles. The largest absolute Gasteiger partial charge is 0.465 e. The van der Waals surface area contributed by atoms with E-state index in [4.69, 9.17) is 10.5 Å². The molecule has 94 valence electrons. The topological polar surface area (TPSA) is 65.2 Å². The second-order valence-corrected chi connectivity index (χ2v) is 4.08. The highest BCUT2D eigenvalue weighted by molar-refractivity contribution is 5.85. The number of carbonyl (C=O) groups excluding carboxylic acids is 1. The molecule has 1 aromatic carbocycles. The van der Waals surface area contributed by atoms with Crippen molar-refractivity contribution in [2.75, 3.05) is 6.61 Å². The minimum atomic E-state index is -0.622. The van der Waals surface area contributed by atoms with Gasteiger partial charge in [0.2, 0.25) is 0 Å². The molecule has 0 spiro atoms. The van der Waals surface area contributed by atoms with E-state index in [9.17, 15) is 4.79 Å². The van der Waals surface area contributed by atoms with Crippen molar-refractivity contribution in [2.45, 2.75) is 19.4 Å². The van der Waals surface area contributed by atoms with Gasteiger partial charge in [0.15, 0.2) is 0 Å². The molecule has 0 aliphatic carbocycles. The van der Waals surface area contributed by atoms with Gasteiger partial charge in [0, 0.05) is 17.8 Å². The molecule has 0 radical (unpaired) electrons. The van der Waals surface area contributed by atoms with Crippen molar-refractivity contribution in [3.8, 4) is 0 Å². The molecule has 4 heteroatoms. The first-order valence-electron chi connectivity index (χ1n) is 5.96. The van der Waals surface area contributed by atoms with Gasteiger partial charge in [-0.25, -0.2) is 0 Å². The maximum Gasteiger partial charge on any atom is 0.323 e. The average molecular weight is 244 g/mol. The number of fused-ring (bicyclic) bond motifs is 1. The summed E-state index contributed by atoms with van der Waals surface area (Å²) < 4.78 is 4.91. The SMILES string of the molecule is CCOC(=O)C(N)Cc1cccc2cnccc12. The van der Waals surface area contributed by atoms with Gasteiger partial charge in [-0.05, 0) is 30.4 Å². The van der Waals surface area contributed by atoms with Crippen LogP contribution in [0.15, 0.2) is 36.7 Å². The van der Waals surface area contributed by atoms with E-state index in [1.54, 1.807) is 19.3 Å². The minimum Gasteiger partial charge on any atom is -0.465 e. The van der Waals surface area contributed by atoms with Crippen molar-refractivity contribution < 1.29 is 9.53 Å². The molecule has 0 aliphatic rings. The fourth-order valence-corrected chi connectivity index (χ4v) is 1.94. The zero-order valence-corrected chi connectivity index (χ0v) is 10.3. The van der Waals surface area contributed by atoms with E-state index in [1.807, 2.05) is 24.3 Å². The number of hydrogen-bond acceptors (Lipinski definition) is 4. The number of benzene rings is 1. The highest BCUT2D eigenvalue weighted by Crippen LogP contribution is 2.18. The fraction of sp³-hybridized carbons (Fsp3) is 0.286. The predicted octanol–water partition coefficient (Wildman–Crippen LogP) is 1.67. The Balaban J connectivity index is 2.24. The van der Waals surface area contributed by atoms with Crippen molar-refractivity contribution in [2.24, 2.45) is 5.73 Å². The minimum absolute atomic E-state index is 0.353. The van der Waals surface area contributed by atoms with Crippen LogP contribution in [-0.2, 0) is 16.0 Å². The Bertz CT molecular complexity index is 549. The number of rotatable bonds is 4. The first-order chi connectivity index (χ1) is 8.72. The quantitative estimate of drug-likeness (QED) is 0.831. The van der Waals surface area contributed by atoms with Gasteiger partial charge in [-0.2, -0.15) is 0 Å². The van der Waals surface area contributed by atoms with Gasteiger partial charge in [0.1, 0.15) is 6.04 Å². The van der Waals surface area contributed by atoms with Crippen molar-refractivity contribution in [1.82, 2.24) is 4.98 Å². The Labute approximate surface area is 106 Å². The van der Waals surface area contributed by atoms with Crippen LogP contribution in [0.5, 0.6) is 0 Å². The van der Waals surface area contributed by atoms with Gasteiger partial charge < -0.3 is 10.5 Å². The summed E-state index contributed by atoms with van der Waals surface area (Å²) in [4.78, 5) is 15.6. The van der Waals surface area contributed by atoms with Gasteiger partial charge in [0.05, 0.1) is 6.61 Å². The van der Waals surface area contributed by atoms with Gasteiger partial charge in [-0.1, -0.05) is 18.2 Å². The third-order valence-corrected chi connectivity index (χ3v) is 2.80. The van der Waals surface area contributed by atoms with Crippen molar-refractivity contribution in [3.05, 3.63) is 42.2 Å². The molecular weight excluding hydrogens is 228 g/mol. The molecule has 0 bridgehead atoms. The number of aromatic nitrogens is 1. The molecule has 4 nitrogen and oxygen atoms in total. The number of nitrogens with two attached hydrogens (primary N) is 1. The van der Waals surface area contributed by atoms with Crippen LogP contribution in [0.1, 0.15) is 12.5 Å². The number of esters is 1. The van der Waals surface area contributed by atoms with Gasteiger partial charge in [-0.15, -0.1) is 0 Å². The second kappa shape index (κ2) is 5.60. The molecule has 18 heavy (non-hydrogen) atoms. The summed E-state index contributed by atoms with van der Waals surface area (Å²) in [5.74, 6) is -0.358. The fourth-order valence-electron chi connectivity index (χ4n) is 1.94. The first-order valence-corrected chi connectivity index (χ1v) is 5.96. The lowest BCUT2D eigenvalue weighted by Crippen LogP contribution is -2.34. The van der Waals surface area contributed by atoms with Crippen molar-refractivity contribution >= 4 is 16.7 Å². The first kappa shape index (κ1) is 12.5. The molecular formula is C14H16N2O2. The van der Waals surface area contributed by atoms with Gasteiger partial charge in [0.25, 0.3) is 0 Å². The lowest BCUT2D eigenvalue weighted by Gasteiger charge is -2.12. The highest BCUT2D eigenvalue weighted by Gasteiger charge is 2.16. The maximum absolute atomic E-state index is 11.5. The number of pyridine rings is 1. The van der Waals surface area contributed by atoms with Crippen LogP contribution < -0.4 is 5.73 Å². The van der Waals surface area contributed by atoms with Crippen LogP contribution in [-0.4, -0.2) is 23.6 Å². The molecule has 2 aromatic rings. The van der Waals surface area contributed by atoms with Gasteiger partial charge in [-0.3, -0.25) is 9.78 Å². The Morgan fingerprint density at radius 1 is 1.44 bits per heavy atom. The summed E-state index contributed by atoms with van der Waals surface area (Å²) in [6, 6.07) is 7.21. The summed E-state index contributed by atoms with van der Waals surface area (Å²) in [5, 5.41) is 2.12. The predicted molar refractivity (Wildman–Crippen MR) is 70.1 cm³/mol. The van der Waals surface area contributed by atoms with Crippen LogP contribution in [0.2, 0.25) is 0 Å². The standard InChI is InChI=1S/C14H16N2O2/c1-2-18-14(17)13(15)8-10-4-3-5-11-9-16-7-6-12(10)11/h3-7,9,13H,2,8,15H2,1H3. The third kappa shape index (κ3) is 2.65. The smallest absolute Gasteiger partial charge is 0.323 e. The molecule has 1 atom stereocenters. The lowest BCUT2D eigenvalue weighted by atomic mass is 10.0. The normalized spacial score (nSPS) is 12.3. The number of ether oxygens (including phenoxy) is 1. The van der Waals surface area contributed by atoms with E-state index in [-0.39, 0.29) is 5.97 Å². The maximum atomic E-state index is 11.5. The Hall–Kier alpha value is -1.94. The molecule has 0 saturated heterocycles. The zero-order chi connectivity index (χ0) is 13.0. The van der Waals surface area contributed by atoms with Crippen LogP contribution in [0, 0.1) is 0 Å². The number of hydrogen-bond donors (Lipinski definition) is 1. The molecule has 1 heterocycles. The number of nitrogens with zero attached hydrogens (tertiary/aromatic N) is 1. The molecule has 2 N–H and O–H groups in total. The van der Waals surface area contributed by atoms with E-state index in [0.29, 0.717) is 13.0 Å². The molecule has 0 amide bonds. The van der Waals surface area contributed by atoms with E-state index in [2.05, 4.69) is 4.98 Å². The van der Waals surface area contributed by atoms with E-state index < -0.39 is 6.04 Å². The van der Waals surface area contributed by atoms with Crippen LogP contribution in [0.3, 0.4) is 0 Å². The van der Waals surface area contributed by atoms with Crippen molar-refractivity contribution in [3.63, 3.8) is 0 Å². The number of carbonyl (C=O) groups is 1. The molecule has 2 rings (SSSR count). The molecule has 1 unspecified atom stereocenters. The Morgan fingerprint density at radius 2 is 2.28 bits per heavy atom. The molecule has 0 saturated carbocycles. The zero-order valence-electron chi connectivity index (χ0n) is 10.3. The van der Waals surface area contributed by atoms with Crippen LogP contribution >= 0.6 is 0 Å². The van der Waals surface area contributed by atoms with E-state index >= 15 is 0 Å². The Kier molecular flexibility index (Phi) is 3.89. The lowest BCUT2D eigenvalue weighted by molar-refractivity contribution is -0.144.